The Bertz CT molecular complexity index is 1450. The van der Waals surface area contributed by atoms with Crippen LogP contribution in [0.1, 0.15) is 27.2 Å². The van der Waals surface area contributed by atoms with Crippen LogP contribution in [0.3, 0.4) is 0 Å². The third-order valence-electron chi connectivity index (χ3n) is 5.59. The summed E-state index contributed by atoms with van der Waals surface area (Å²) in [6, 6.07) is 16.4. The third-order valence-corrected chi connectivity index (χ3v) is 6.59. The molecule has 7 heteroatoms. The van der Waals surface area contributed by atoms with Crippen molar-refractivity contribution >= 4 is 49.7 Å². The van der Waals surface area contributed by atoms with Gasteiger partial charge >= 0.3 is 0 Å². The summed E-state index contributed by atoms with van der Waals surface area (Å²) in [4.78, 5) is 26.1. The first-order valence-corrected chi connectivity index (χ1v) is 11.2. The molecule has 5 aromatic rings. The Labute approximate surface area is 189 Å². The molecule has 3 N–H and O–H groups in total. The number of hydrogen-bond acceptors (Lipinski definition) is 6. The fraction of sp³-hybridized carbons (Fsp3) is 0.120. The third kappa shape index (κ3) is 3.67. The number of nitrogens with two attached hydrogens (primary N) is 1. The number of aryl methyl sites for hydroxylation is 3. The van der Waals surface area contributed by atoms with E-state index >= 15 is 0 Å². The minimum absolute atomic E-state index is 0.215. The second-order valence-corrected chi connectivity index (χ2v) is 8.52. The zero-order valence-corrected chi connectivity index (χ0v) is 18.3. The standard InChI is InChI=1S/C25H21N5OS/c1-15-7-9-17-18(11-12-27-20(17)10-8-16-5-3-2-4-6-16)21(15)30-25(31)19-13-32-23-22(19)28-14-29-24(23)26/h2-7,9,11-14H,8,10H2,1H3,(H,30,31)(H2,26,28,29). The molecule has 0 aliphatic heterocycles. The van der Waals surface area contributed by atoms with Gasteiger partial charge in [0.1, 0.15) is 12.1 Å². The van der Waals surface area contributed by atoms with Crippen LogP contribution in [0.5, 0.6) is 0 Å². The largest absolute Gasteiger partial charge is 0.382 e. The summed E-state index contributed by atoms with van der Waals surface area (Å²) in [6.07, 6.45) is 4.92. The summed E-state index contributed by atoms with van der Waals surface area (Å²) < 4.78 is 0.722. The number of fused-ring (bicyclic) bond motifs is 2. The Hall–Kier alpha value is -3.84. The van der Waals surface area contributed by atoms with E-state index in [1.54, 1.807) is 5.38 Å². The Morgan fingerprint density at radius 1 is 1.00 bits per heavy atom. The number of benzene rings is 2. The van der Waals surface area contributed by atoms with Crippen molar-refractivity contribution in [2.45, 2.75) is 19.8 Å². The van der Waals surface area contributed by atoms with Crippen LogP contribution < -0.4 is 11.1 Å². The lowest BCUT2D eigenvalue weighted by Gasteiger charge is -2.14. The van der Waals surface area contributed by atoms with E-state index in [2.05, 4.69) is 50.6 Å². The molecule has 3 heterocycles. The van der Waals surface area contributed by atoms with Gasteiger partial charge in [0.05, 0.1) is 21.5 Å². The normalized spacial score (nSPS) is 11.2. The number of aromatic nitrogens is 3. The van der Waals surface area contributed by atoms with Crippen LogP contribution in [0.4, 0.5) is 11.5 Å². The minimum atomic E-state index is -0.215. The molecule has 0 atom stereocenters. The zero-order chi connectivity index (χ0) is 22.1. The van der Waals surface area contributed by atoms with Crippen molar-refractivity contribution in [1.82, 2.24) is 15.0 Å². The lowest BCUT2D eigenvalue weighted by Crippen LogP contribution is -2.13. The summed E-state index contributed by atoms with van der Waals surface area (Å²) >= 11 is 1.37. The van der Waals surface area contributed by atoms with Gasteiger partial charge in [0.15, 0.2) is 0 Å². The molecule has 158 valence electrons. The molecule has 0 saturated heterocycles. The van der Waals surface area contributed by atoms with E-state index in [1.807, 2.05) is 31.3 Å². The molecule has 32 heavy (non-hydrogen) atoms. The molecule has 6 nitrogen and oxygen atoms in total. The van der Waals surface area contributed by atoms with Gasteiger partial charge in [-0.3, -0.25) is 9.78 Å². The molecular weight excluding hydrogens is 418 g/mol. The smallest absolute Gasteiger partial charge is 0.258 e. The van der Waals surface area contributed by atoms with Crippen molar-refractivity contribution in [3.8, 4) is 0 Å². The molecule has 0 fully saturated rings. The van der Waals surface area contributed by atoms with Gasteiger partial charge in [-0.15, -0.1) is 11.3 Å². The van der Waals surface area contributed by atoms with E-state index in [9.17, 15) is 4.79 Å². The zero-order valence-electron chi connectivity index (χ0n) is 17.5. The maximum absolute atomic E-state index is 13.2. The average molecular weight is 440 g/mol. The van der Waals surface area contributed by atoms with Gasteiger partial charge in [-0.05, 0) is 37.0 Å². The highest BCUT2D eigenvalue weighted by atomic mass is 32.1. The second kappa shape index (κ2) is 8.36. The Kier molecular flexibility index (Phi) is 5.25. The maximum Gasteiger partial charge on any atom is 0.258 e. The summed E-state index contributed by atoms with van der Waals surface area (Å²) in [6.45, 7) is 1.99. The molecular formula is C25H21N5OS. The number of thiophene rings is 1. The number of nitrogens with one attached hydrogen (secondary N) is 1. The number of hydrogen-bond donors (Lipinski definition) is 2. The SMILES string of the molecule is Cc1ccc2c(CCc3ccccc3)nccc2c1NC(=O)c1csc2c(N)ncnc12. The minimum Gasteiger partial charge on any atom is -0.382 e. The van der Waals surface area contributed by atoms with Crippen molar-refractivity contribution in [1.29, 1.82) is 0 Å². The van der Waals surface area contributed by atoms with Crippen molar-refractivity contribution < 1.29 is 4.79 Å². The van der Waals surface area contributed by atoms with Crippen molar-refractivity contribution in [2.75, 3.05) is 11.1 Å². The van der Waals surface area contributed by atoms with Gasteiger partial charge in [0.2, 0.25) is 0 Å². The van der Waals surface area contributed by atoms with Crippen LogP contribution in [-0.4, -0.2) is 20.9 Å². The monoisotopic (exact) mass is 439 g/mol. The highest BCUT2D eigenvalue weighted by Crippen LogP contribution is 2.32. The number of pyridine rings is 1. The predicted octanol–water partition coefficient (Wildman–Crippen LogP) is 5.17. The first-order chi connectivity index (χ1) is 15.6. The van der Waals surface area contributed by atoms with Gasteiger partial charge in [0, 0.05) is 28.0 Å². The fourth-order valence-electron chi connectivity index (χ4n) is 3.91. The van der Waals surface area contributed by atoms with Gasteiger partial charge < -0.3 is 11.1 Å². The van der Waals surface area contributed by atoms with E-state index in [4.69, 9.17) is 5.73 Å². The Morgan fingerprint density at radius 3 is 2.69 bits per heavy atom. The van der Waals surface area contributed by atoms with Gasteiger partial charge in [0.25, 0.3) is 5.91 Å². The maximum atomic E-state index is 13.2. The molecule has 3 aromatic heterocycles. The molecule has 2 aromatic carbocycles. The van der Waals surface area contributed by atoms with Crippen molar-refractivity contribution in [3.63, 3.8) is 0 Å². The van der Waals surface area contributed by atoms with E-state index in [0.29, 0.717) is 16.9 Å². The predicted molar refractivity (Wildman–Crippen MR) is 130 cm³/mol. The second-order valence-electron chi connectivity index (χ2n) is 7.64. The number of carbonyl (C=O) groups excluding carboxylic acids is 1. The van der Waals surface area contributed by atoms with Crippen LogP contribution in [0.15, 0.2) is 66.4 Å². The van der Waals surface area contributed by atoms with E-state index in [0.717, 1.165) is 45.3 Å². The molecule has 0 saturated carbocycles. The highest BCUT2D eigenvalue weighted by Gasteiger charge is 2.18. The number of amides is 1. The fourth-order valence-corrected chi connectivity index (χ4v) is 4.81. The quantitative estimate of drug-likeness (QED) is 0.394. The van der Waals surface area contributed by atoms with Crippen LogP contribution >= 0.6 is 11.3 Å². The van der Waals surface area contributed by atoms with Crippen LogP contribution in [0.2, 0.25) is 0 Å². The van der Waals surface area contributed by atoms with E-state index in [-0.39, 0.29) is 5.91 Å². The molecule has 0 aliphatic rings. The van der Waals surface area contributed by atoms with E-state index in [1.165, 1.54) is 23.2 Å². The van der Waals surface area contributed by atoms with Crippen LogP contribution in [0.25, 0.3) is 21.0 Å². The van der Waals surface area contributed by atoms with Crippen LogP contribution in [0, 0.1) is 6.92 Å². The number of rotatable bonds is 5. The van der Waals surface area contributed by atoms with Crippen molar-refractivity contribution in [2.24, 2.45) is 0 Å². The number of nitrogen functional groups attached to an aromatic ring is 1. The van der Waals surface area contributed by atoms with Gasteiger partial charge in [-0.1, -0.05) is 42.5 Å². The molecule has 0 unspecified atom stereocenters. The van der Waals surface area contributed by atoms with Crippen LogP contribution in [-0.2, 0) is 12.8 Å². The Balaban J connectivity index is 1.49. The molecule has 5 rings (SSSR count). The number of nitrogens with zero attached hydrogens (tertiary/aromatic N) is 3. The molecule has 0 aliphatic carbocycles. The lowest BCUT2D eigenvalue weighted by atomic mass is 10.00. The topological polar surface area (TPSA) is 93.8 Å². The summed E-state index contributed by atoms with van der Waals surface area (Å²) in [5.41, 5.74) is 11.1. The first kappa shape index (κ1) is 20.1. The summed E-state index contributed by atoms with van der Waals surface area (Å²) in [7, 11) is 0. The highest BCUT2D eigenvalue weighted by molar-refractivity contribution is 7.18. The average Bonchev–Trinajstić information content (AvgIpc) is 3.26. The lowest BCUT2D eigenvalue weighted by molar-refractivity contribution is 0.102. The Morgan fingerprint density at radius 2 is 1.84 bits per heavy atom. The molecule has 0 radical (unpaired) electrons. The first-order valence-electron chi connectivity index (χ1n) is 10.3. The molecule has 1 amide bonds. The van der Waals surface area contributed by atoms with Gasteiger partial charge in [-0.2, -0.15) is 0 Å². The summed E-state index contributed by atoms with van der Waals surface area (Å²) in [5.74, 6) is 0.169. The van der Waals surface area contributed by atoms with E-state index < -0.39 is 0 Å². The molecule has 0 spiro atoms. The molecule has 0 bridgehead atoms. The van der Waals surface area contributed by atoms with Gasteiger partial charge in [-0.25, -0.2) is 9.97 Å². The summed E-state index contributed by atoms with van der Waals surface area (Å²) in [5, 5.41) is 6.91. The van der Waals surface area contributed by atoms with Crippen molar-refractivity contribution in [3.05, 3.63) is 88.8 Å². The number of carbonyl (C=O) groups is 1. The number of anilines is 2.